The molecule has 5 nitrogen and oxygen atoms in total. The van der Waals surface area contributed by atoms with Crippen molar-refractivity contribution in [2.45, 2.75) is 38.9 Å². The Morgan fingerprint density at radius 1 is 1.37 bits per heavy atom. The van der Waals surface area contributed by atoms with E-state index in [0.717, 1.165) is 16.5 Å². The van der Waals surface area contributed by atoms with E-state index in [9.17, 15) is 5.11 Å². The van der Waals surface area contributed by atoms with Crippen LogP contribution in [0.3, 0.4) is 0 Å². The zero-order valence-corrected chi connectivity index (χ0v) is 11.7. The van der Waals surface area contributed by atoms with Crippen LogP contribution in [0, 0.1) is 0 Å². The van der Waals surface area contributed by atoms with E-state index in [1.807, 2.05) is 19.9 Å². The van der Waals surface area contributed by atoms with Crippen LogP contribution in [-0.2, 0) is 4.65 Å². The van der Waals surface area contributed by atoms with Crippen LogP contribution in [0.4, 0.5) is 5.82 Å². The van der Waals surface area contributed by atoms with Crippen LogP contribution in [0.25, 0.3) is 11.0 Å². The first-order chi connectivity index (χ1) is 8.71. The number of nitrogens with one attached hydrogen (secondary N) is 1. The zero-order chi connectivity index (χ0) is 14.3. The van der Waals surface area contributed by atoms with Crippen molar-refractivity contribution in [2.75, 3.05) is 5.73 Å². The minimum atomic E-state index is -0.959. The summed E-state index contributed by atoms with van der Waals surface area (Å²) >= 11 is 0. The number of hydrogen-bond acceptors (Lipinski definition) is 4. The first-order valence-corrected chi connectivity index (χ1v) is 6.18. The molecule has 2 aromatic rings. The number of H-pyrrole nitrogens is 1. The Hall–Kier alpha value is -1.53. The fourth-order valence-electron chi connectivity index (χ4n) is 1.54. The van der Waals surface area contributed by atoms with Crippen molar-refractivity contribution in [3.63, 3.8) is 0 Å². The molecule has 101 valence electrons. The van der Waals surface area contributed by atoms with Gasteiger partial charge in [-0.15, -0.1) is 0 Å². The Bertz CT molecular complexity index is 587. The van der Waals surface area contributed by atoms with Gasteiger partial charge >= 0.3 is 7.48 Å². The minimum Gasteiger partial charge on any atom is -0.427 e. The van der Waals surface area contributed by atoms with Crippen molar-refractivity contribution in [1.82, 2.24) is 9.97 Å². The second-order valence-corrected chi connectivity index (χ2v) is 5.68. The van der Waals surface area contributed by atoms with E-state index < -0.39 is 11.2 Å². The van der Waals surface area contributed by atoms with Crippen LogP contribution in [-0.4, -0.2) is 33.8 Å². The van der Waals surface area contributed by atoms with E-state index in [4.69, 9.17) is 10.4 Å². The third-order valence-electron chi connectivity index (χ3n) is 3.53. The molecule has 0 saturated carbocycles. The first-order valence-electron chi connectivity index (χ1n) is 6.18. The van der Waals surface area contributed by atoms with E-state index >= 15 is 0 Å². The zero-order valence-electron chi connectivity index (χ0n) is 11.7. The summed E-state index contributed by atoms with van der Waals surface area (Å²) in [6.07, 6.45) is 1.80. The third kappa shape index (κ3) is 2.74. The number of anilines is 1. The molecule has 0 atom stereocenters. The summed E-state index contributed by atoms with van der Waals surface area (Å²) in [5.41, 5.74) is 5.63. The van der Waals surface area contributed by atoms with Crippen LogP contribution in [0.5, 0.6) is 0 Å². The predicted molar refractivity (Wildman–Crippen MR) is 77.4 cm³/mol. The number of nitrogens with zero attached hydrogens (tertiary/aromatic N) is 1. The fraction of sp³-hybridized carbons (Fsp3) is 0.462. The normalized spacial score (nSPS) is 12.9. The number of aromatic amines is 1. The number of fused-ring (bicyclic) bond motifs is 1. The molecule has 2 aromatic heterocycles. The molecule has 0 aliphatic rings. The predicted octanol–water partition coefficient (Wildman–Crippen LogP) is 0.956. The Labute approximate surface area is 113 Å². The molecule has 0 spiro atoms. The Morgan fingerprint density at radius 2 is 2.05 bits per heavy atom. The van der Waals surface area contributed by atoms with E-state index in [0.29, 0.717) is 5.82 Å². The molecule has 0 fully saturated rings. The van der Waals surface area contributed by atoms with Gasteiger partial charge in [-0.05, 0) is 45.3 Å². The van der Waals surface area contributed by atoms with Gasteiger partial charge < -0.3 is 20.5 Å². The highest BCUT2D eigenvalue weighted by Crippen LogP contribution is 2.24. The molecular weight excluding hydrogens is 241 g/mol. The van der Waals surface area contributed by atoms with Gasteiger partial charge in [-0.1, -0.05) is 0 Å². The molecule has 0 aliphatic carbocycles. The number of hydrogen-bond donors (Lipinski definition) is 3. The number of pyridine rings is 1. The van der Waals surface area contributed by atoms with Gasteiger partial charge in [0.25, 0.3) is 0 Å². The van der Waals surface area contributed by atoms with Gasteiger partial charge in [0, 0.05) is 11.6 Å². The van der Waals surface area contributed by atoms with E-state index in [-0.39, 0.29) is 0 Å². The highest BCUT2D eigenvalue weighted by atomic mass is 16.5. The molecule has 0 aromatic carbocycles. The highest BCUT2D eigenvalue weighted by Gasteiger charge is 2.35. The van der Waals surface area contributed by atoms with Crippen molar-refractivity contribution < 1.29 is 9.76 Å². The molecule has 2 heterocycles. The van der Waals surface area contributed by atoms with Crippen LogP contribution < -0.4 is 11.2 Å². The fourth-order valence-corrected chi connectivity index (χ4v) is 1.54. The SMILES string of the molecule is CC(C)(O)C(C)(C)O[B]c1cc(N)nc2[nH]ccc12. The number of nitrogen functional groups attached to an aromatic ring is 1. The number of aliphatic hydroxyl groups is 1. The lowest BCUT2D eigenvalue weighted by atomic mass is 9.81. The lowest BCUT2D eigenvalue weighted by Crippen LogP contribution is -2.49. The topological polar surface area (TPSA) is 84.2 Å². The Morgan fingerprint density at radius 3 is 2.68 bits per heavy atom. The average molecular weight is 260 g/mol. The minimum absolute atomic E-state index is 0.422. The quantitative estimate of drug-likeness (QED) is 0.715. The summed E-state index contributed by atoms with van der Waals surface area (Å²) in [7, 11) is 1.62. The standard InChI is InChI=1S/C13H19BN3O2/c1-12(2,18)13(3,4)19-14-9-7-10(15)17-11-8(9)5-6-16-11/h5-7,18H,1-4H3,(H3,15,16,17). The van der Waals surface area contributed by atoms with Gasteiger partial charge in [-0.25, -0.2) is 4.98 Å². The summed E-state index contributed by atoms with van der Waals surface area (Å²) in [6, 6.07) is 3.66. The van der Waals surface area contributed by atoms with Crippen molar-refractivity contribution in [2.24, 2.45) is 0 Å². The van der Waals surface area contributed by atoms with Gasteiger partial charge in [0.1, 0.15) is 11.5 Å². The van der Waals surface area contributed by atoms with Crippen molar-refractivity contribution >= 4 is 29.8 Å². The molecule has 6 heteroatoms. The van der Waals surface area contributed by atoms with Gasteiger partial charge in [0.05, 0.1) is 11.2 Å². The monoisotopic (exact) mass is 260 g/mol. The van der Waals surface area contributed by atoms with E-state index in [1.165, 1.54) is 0 Å². The molecule has 0 unspecified atom stereocenters. The molecular formula is C13H19BN3O2. The van der Waals surface area contributed by atoms with Crippen molar-refractivity contribution in [1.29, 1.82) is 0 Å². The van der Waals surface area contributed by atoms with E-state index in [1.54, 1.807) is 33.6 Å². The summed E-state index contributed by atoms with van der Waals surface area (Å²) in [6.45, 7) is 7.10. The van der Waals surface area contributed by atoms with Gasteiger partial charge in [-0.2, -0.15) is 0 Å². The van der Waals surface area contributed by atoms with E-state index in [2.05, 4.69) is 9.97 Å². The van der Waals surface area contributed by atoms with Gasteiger partial charge in [-0.3, -0.25) is 0 Å². The molecule has 1 radical (unpaired) electrons. The van der Waals surface area contributed by atoms with Crippen LogP contribution in [0.15, 0.2) is 18.3 Å². The Balaban J connectivity index is 2.25. The summed E-state index contributed by atoms with van der Waals surface area (Å²) in [5.74, 6) is 0.422. The number of aromatic nitrogens is 2. The van der Waals surface area contributed by atoms with Crippen molar-refractivity contribution in [3.8, 4) is 0 Å². The lowest BCUT2D eigenvalue weighted by molar-refractivity contribution is -0.0893. The largest absolute Gasteiger partial charge is 0.427 e. The molecule has 0 aliphatic heterocycles. The lowest BCUT2D eigenvalue weighted by Gasteiger charge is -2.37. The molecule has 0 bridgehead atoms. The molecule has 2 rings (SSSR count). The molecule has 4 N–H and O–H groups in total. The maximum atomic E-state index is 10.1. The number of rotatable bonds is 4. The summed E-state index contributed by atoms with van der Waals surface area (Å²) < 4.78 is 5.74. The number of nitrogens with two attached hydrogens (primary N) is 1. The maximum absolute atomic E-state index is 10.1. The summed E-state index contributed by atoms with van der Waals surface area (Å²) in [5, 5.41) is 11.0. The van der Waals surface area contributed by atoms with Crippen LogP contribution in [0.2, 0.25) is 0 Å². The average Bonchev–Trinajstić information content (AvgIpc) is 2.72. The third-order valence-corrected chi connectivity index (χ3v) is 3.53. The first kappa shape index (κ1) is 13.9. The van der Waals surface area contributed by atoms with Crippen molar-refractivity contribution in [3.05, 3.63) is 18.3 Å². The second-order valence-electron chi connectivity index (χ2n) is 5.68. The van der Waals surface area contributed by atoms with Gasteiger partial charge in [0.15, 0.2) is 0 Å². The molecule has 0 saturated heterocycles. The highest BCUT2D eigenvalue weighted by molar-refractivity contribution is 6.51. The second kappa shape index (κ2) is 4.54. The van der Waals surface area contributed by atoms with Crippen LogP contribution >= 0.6 is 0 Å². The molecule has 0 amide bonds. The maximum Gasteiger partial charge on any atom is 0.331 e. The summed E-state index contributed by atoms with van der Waals surface area (Å²) in [4.78, 5) is 7.20. The van der Waals surface area contributed by atoms with Gasteiger partial charge in [0.2, 0.25) is 0 Å². The Kier molecular flexibility index (Phi) is 3.32. The smallest absolute Gasteiger partial charge is 0.331 e. The molecule has 19 heavy (non-hydrogen) atoms. The van der Waals surface area contributed by atoms with Crippen LogP contribution in [0.1, 0.15) is 27.7 Å².